The van der Waals surface area contributed by atoms with E-state index in [1.54, 1.807) is 0 Å². The fraction of sp³-hybridized carbons (Fsp3) is 0.667. The molecule has 1 aromatic heterocycles. The second kappa shape index (κ2) is 3.88. The molecule has 1 fully saturated rings. The van der Waals surface area contributed by atoms with Crippen LogP contribution in [0.3, 0.4) is 0 Å². The van der Waals surface area contributed by atoms with Crippen molar-refractivity contribution in [1.29, 1.82) is 0 Å². The zero-order valence-electron chi connectivity index (χ0n) is 8.14. The van der Waals surface area contributed by atoms with Crippen molar-refractivity contribution in [3.8, 4) is 0 Å². The Morgan fingerprint density at radius 2 is 2.57 bits per heavy atom. The third-order valence-corrected chi connectivity index (χ3v) is 2.63. The van der Waals surface area contributed by atoms with Crippen molar-refractivity contribution in [2.24, 2.45) is 0 Å². The van der Waals surface area contributed by atoms with Crippen LogP contribution in [-0.2, 0) is 0 Å². The van der Waals surface area contributed by atoms with Crippen LogP contribution < -0.4 is 0 Å². The van der Waals surface area contributed by atoms with Crippen LogP contribution in [0, 0.1) is 0 Å². The highest BCUT2D eigenvalue weighted by Crippen LogP contribution is 2.29. The highest BCUT2D eigenvalue weighted by molar-refractivity contribution is 5.66. The van der Waals surface area contributed by atoms with Crippen molar-refractivity contribution < 1.29 is 9.32 Å². The first-order chi connectivity index (χ1) is 6.85. The SMILES string of the molecule is CCN1CCCC1c1noc(C=O)n1. The van der Waals surface area contributed by atoms with E-state index in [0.29, 0.717) is 12.1 Å². The highest BCUT2D eigenvalue weighted by atomic mass is 16.5. The van der Waals surface area contributed by atoms with Gasteiger partial charge in [0.15, 0.2) is 5.82 Å². The van der Waals surface area contributed by atoms with Gasteiger partial charge in [-0.15, -0.1) is 0 Å². The monoisotopic (exact) mass is 195 g/mol. The zero-order chi connectivity index (χ0) is 9.97. The number of likely N-dealkylation sites (tertiary alicyclic amines) is 1. The summed E-state index contributed by atoms with van der Waals surface area (Å²) in [5.41, 5.74) is 0. The van der Waals surface area contributed by atoms with Gasteiger partial charge in [0.2, 0.25) is 6.29 Å². The summed E-state index contributed by atoms with van der Waals surface area (Å²) in [5, 5.41) is 3.81. The Morgan fingerprint density at radius 1 is 1.71 bits per heavy atom. The van der Waals surface area contributed by atoms with Crippen molar-refractivity contribution in [3.63, 3.8) is 0 Å². The summed E-state index contributed by atoms with van der Waals surface area (Å²) in [6, 6.07) is 0.234. The quantitative estimate of drug-likeness (QED) is 0.674. The lowest BCUT2D eigenvalue weighted by molar-refractivity contribution is 0.108. The van der Waals surface area contributed by atoms with Gasteiger partial charge in [-0.1, -0.05) is 12.1 Å². The van der Waals surface area contributed by atoms with Gasteiger partial charge in [-0.05, 0) is 25.9 Å². The Labute approximate surface area is 82.1 Å². The van der Waals surface area contributed by atoms with E-state index in [-0.39, 0.29) is 11.9 Å². The van der Waals surface area contributed by atoms with Gasteiger partial charge in [0, 0.05) is 0 Å². The number of aldehydes is 1. The number of rotatable bonds is 3. The Bertz CT molecular complexity index is 324. The van der Waals surface area contributed by atoms with Crippen LogP contribution in [0.5, 0.6) is 0 Å². The maximum atomic E-state index is 10.4. The lowest BCUT2D eigenvalue weighted by Crippen LogP contribution is -2.23. The van der Waals surface area contributed by atoms with E-state index in [2.05, 4.69) is 22.0 Å². The molecule has 5 heteroatoms. The van der Waals surface area contributed by atoms with Crippen LogP contribution in [0.25, 0.3) is 0 Å². The second-order valence-corrected chi connectivity index (χ2v) is 3.40. The minimum absolute atomic E-state index is 0.0722. The first-order valence-electron chi connectivity index (χ1n) is 4.88. The third-order valence-electron chi connectivity index (χ3n) is 2.63. The molecule has 0 bridgehead atoms. The van der Waals surface area contributed by atoms with Gasteiger partial charge in [0.05, 0.1) is 6.04 Å². The van der Waals surface area contributed by atoms with E-state index in [0.717, 1.165) is 25.9 Å². The van der Waals surface area contributed by atoms with Gasteiger partial charge < -0.3 is 4.52 Å². The molecule has 14 heavy (non-hydrogen) atoms. The fourth-order valence-corrected chi connectivity index (χ4v) is 1.93. The number of hydrogen-bond donors (Lipinski definition) is 0. The van der Waals surface area contributed by atoms with Crippen LogP contribution in [0.2, 0.25) is 0 Å². The highest BCUT2D eigenvalue weighted by Gasteiger charge is 2.28. The Kier molecular flexibility index (Phi) is 2.58. The molecule has 0 N–H and O–H groups in total. The molecule has 0 spiro atoms. The molecule has 1 aliphatic rings. The summed E-state index contributed by atoms with van der Waals surface area (Å²) in [7, 11) is 0. The maximum absolute atomic E-state index is 10.4. The second-order valence-electron chi connectivity index (χ2n) is 3.40. The molecule has 0 radical (unpaired) electrons. The molecule has 5 nitrogen and oxygen atoms in total. The van der Waals surface area contributed by atoms with Gasteiger partial charge >= 0.3 is 0 Å². The van der Waals surface area contributed by atoms with E-state index in [9.17, 15) is 4.79 Å². The summed E-state index contributed by atoms with van der Waals surface area (Å²) in [5.74, 6) is 0.717. The molecule has 0 aliphatic carbocycles. The van der Waals surface area contributed by atoms with E-state index in [4.69, 9.17) is 4.52 Å². The molecule has 1 aromatic rings. The summed E-state index contributed by atoms with van der Waals surface area (Å²) in [6.45, 7) is 4.17. The molecular formula is C9H13N3O2. The lowest BCUT2D eigenvalue weighted by atomic mass is 10.2. The minimum Gasteiger partial charge on any atom is -0.331 e. The molecule has 76 valence electrons. The predicted octanol–water partition coefficient (Wildman–Crippen LogP) is 1.04. The predicted molar refractivity (Wildman–Crippen MR) is 48.9 cm³/mol. The largest absolute Gasteiger partial charge is 0.331 e. The smallest absolute Gasteiger partial charge is 0.290 e. The van der Waals surface area contributed by atoms with Gasteiger partial charge in [-0.25, -0.2) is 0 Å². The number of aromatic nitrogens is 2. The van der Waals surface area contributed by atoms with Gasteiger partial charge in [-0.3, -0.25) is 9.69 Å². The van der Waals surface area contributed by atoms with Gasteiger partial charge in [0.25, 0.3) is 5.89 Å². The van der Waals surface area contributed by atoms with Gasteiger partial charge in [-0.2, -0.15) is 4.98 Å². The summed E-state index contributed by atoms with van der Waals surface area (Å²) >= 11 is 0. The molecule has 0 amide bonds. The number of carbonyl (C=O) groups excluding carboxylic acids is 1. The van der Waals surface area contributed by atoms with Crippen LogP contribution in [0.1, 0.15) is 42.3 Å². The molecule has 0 saturated carbocycles. The van der Waals surface area contributed by atoms with E-state index in [1.165, 1.54) is 0 Å². The Balaban J connectivity index is 2.17. The van der Waals surface area contributed by atoms with Crippen LogP contribution in [0.4, 0.5) is 0 Å². The molecular weight excluding hydrogens is 182 g/mol. The standard InChI is InChI=1S/C9H13N3O2/c1-2-12-5-3-4-7(12)9-10-8(6-13)14-11-9/h6-7H,2-5H2,1H3. The molecule has 2 rings (SSSR count). The normalized spacial score (nSPS) is 22.8. The third kappa shape index (κ3) is 1.55. The van der Waals surface area contributed by atoms with Crippen molar-refractivity contribution in [3.05, 3.63) is 11.7 Å². The number of nitrogens with zero attached hydrogens (tertiary/aromatic N) is 3. The van der Waals surface area contributed by atoms with Crippen molar-refractivity contribution >= 4 is 6.29 Å². The molecule has 1 atom stereocenters. The average Bonchev–Trinajstić information content (AvgIpc) is 2.85. The minimum atomic E-state index is 0.0722. The number of hydrogen-bond acceptors (Lipinski definition) is 5. The fourth-order valence-electron chi connectivity index (χ4n) is 1.93. The first kappa shape index (κ1) is 9.33. The Hall–Kier alpha value is -1.23. The van der Waals surface area contributed by atoms with E-state index in [1.807, 2.05) is 0 Å². The van der Waals surface area contributed by atoms with E-state index < -0.39 is 0 Å². The average molecular weight is 195 g/mol. The van der Waals surface area contributed by atoms with Gasteiger partial charge in [0.1, 0.15) is 0 Å². The summed E-state index contributed by atoms with van der Waals surface area (Å²) in [6.07, 6.45) is 2.79. The maximum Gasteiger partial charge on any atom is 0.290 e. The molecule has 1 aliphatic heterocycles. The molecule has 2 heterocycles. The zero-order valence-corrected chi connectivity index (χ0v) is 8.14. The van der Waals surface area contributed by atoms with Crippen LogP contribution >= 0.6 is 0 Å². The van der Waals surface area contributed by atoms with Crippen LogP contribution in [-0.4, -0.2) is 34.4 Å². The van der Waals surface area contributed by atoms with E-state index >= 15 is 0 Å². The molecule has 0 aromatic carbocycles. The first-order valence-corrected chi connectivity index (χ1v) is 4.88. The molecule has 1 unspecified atom stereocenters. The van der Waals surface area contributed by atoms with Crippen molar-refractivity contribution in [2.75, 3.05) is 13.1 Å². The molecule has 1 saturated heterocycles. The summed E-state index contributed by atoms with van der Waals surface area (Å²) in [4.78, 5) is 16.7. The summed E-state index contributed by atoms with van der Waals surface area (Å²) < 4.78 is 4.76. The lowest BCUT2D eigenvalue weighted by Gasteiger charge is -2.18. The van der Waals surface area contributed by atoms with Crippen LogP contribution in [0.15, 0.2) is 4.52 Å². The Morgan fingerprint density at radius 3 is 3.21 bits per heavy atom. The van der Waals surface area contributed by atoms with Crippen molar-refractivity contribution in [2.45, 2.75) is 25.8 Å². The van der Waals surface area contributed by atoms with Crippen molar-refractivity contribution in [1.82, 2.24) is 15.0 Å². The number of carbonyl (C=O) groups is 1. The topological polar surface area (TPSA) is 59.2 Å².